The van der Waals surface area contributed by atoms with Crippen LogP contribution in [0, 0.1) is 0 Å². The summed E-state index contributed by atoms with van der Waals surface area (Å²) in [6, 6.07) is 11.2. The summed E-state index contributed by atoms with van der Waals surface area (Å²) in [5.41, 5.74) is 1.36. The lowest BCUT2D eigenvalue weighted by molar-refractivity contribution is 0.0123. The molecule has 2 aliphatic rings. The molecule has 2 aliphatic carbocycles. The number of hydrogen-bond donors (Lipinski definition) is 1. The first-order chi connectivity index (χ1) is 8.92. The summed E-state index contributed by atoms with van der Waals surface area (Å²) in [7, 11) is 0. The predicted octanol–water partition coefficient (Wildman–Crippen LogP) is 3.27. The lowest BCUT2D eigenvalue weighted by Gasteiger charge is -2.22. The Morgan fingerprint density at radius 2 is 1.83 bits per heavy atom. The van der Waals surface area contributed by atoms with Gasteiger partial charge in [-0.15, -0.1) is 0 Å². The van der Waals surface area contributed by atoms with Gasteiger partial charge in [-0.25, -0.2) is 0 Å². The topological polar surface area (TPSA) is 21.3 Å². The molecule has 1 aromatic rings. The molecule has 0 amide bonds. The van der Waals surface area contributed by atoms with E-state index >= 15 is 0 Å². The number of hydrogen-bond acceptors (Lipinski definition) is 2. The van der Waals surface area contributed by atoms with E-state index in [-0.39, 0.29) is 0 Å². The van der Waals surface area contributed by atoms with E-state index in [1.165, 1.54) is 44.1 Å². The molecule has 1 aromatic carbocycles. The van der Waals surface area contributed by atoms with Crippen molar-refractivity contribution in [3.63, 3.8) is 0 Å². The third-order valence-corrected chi connectivity index (χ3v) is 4.06. The zero-order chi connectivity index (χ0) is 12.2. The predicted molar refractivity (Wildman–Crippen MR) is 73.4 cm³/mol. The normalized spacial score (nSPS) is 28.2. The van der Waals surface area contributed by atoms with Gasteiger partial charge in [0.15, 0.2) is 0 Å². The first-order valence-electron chi connectivity index (χ1n) is 7.34. The summed E-state index contributed by atoms with van der Waals surface area (Å²) in [6.07, 6.45) is 8.91. The molecular weight excluding hydrogens is 222 g/mol. The monoisotopic (exact) mass is 245 g/mol. The molecule has 98 valence electrons. The second kappa shape index (κ2) is 5.85. The molecule has 1 N–H and O–H groups in total. The Balaban J connectivity index is 1.36. The minimum absolute atomic E-state index is 0.483. The summed E-state index contributed by atoms with van der Waals surface area (Å²) in [5, 5.41) is 3.59. The van der Waals surface area contributed by atoms with Crippen LogP contribution < -0.4 is 5.32 Å². The zero-order valence-electron chi connectivity index (χ0n) is 11.0. The van der Waals surface area contributed by atoms with Crippen LogP contribution in [-0.2, 0) is 11.3 Å². The van der Waals surface area contributed by atoms with Crippen LogP contribution in [0.15, 0.2) is 30.3 Å². The Bertz CT molecular complexity index is 359. The van der Waals surface area contributed by atoms with Crippen LogP contribution in [-0.4, -0.2) is 18.2 Å². The van der Waals surface area contributed by atoms with Crippen LogP contribution in [0.2, 0.25) is 0 Å². The van der Waals surface area contributed by atoms with Gasteiger partial charge in [0.05, 0.1) is 12.2 Å². The second-order valence-electron chi connectivity index (χ2n) is 5.64. The van der Waals surface area contributed by atoms with Gasteiger partial charge in [0, 0.05) is 12.6 Å². The average Bonchev–Trinajstić information content (AvgIpc) is 3.17. The molecule has 2 heteroatoms. The van der Waals surface area contributed by atoms with Crippen molar-refractivity contribution in [3.8, 4) is 0 Å². The lowest BCUT2D eigenvalue weighted by atomic mass is 9.98. The lowest BCUT2D eigenvalue weighted by Crippen LogP contribution is -2.24. The van der Waals surface area contributed by atoms with Crippen molar-refractivity contribution in [1.29, 1.82) is 0 Å². The molecule has 2 fully saturated rings. The average molecular weight is 245 g/mol. The first-order valence-corrected chi connectivity index (χ1v) is 7.34. The summed E-state index contributed by atoms with van der Waals surface area (Å²) < 4.78 is 6.14. The van der Waals surface area contributed by atoms with E-state index in [4.69, 9.17) is 4.74 Å². The minimum Gasteiger partial charge on any atom is -0.373 e. The molecule has 18 heavy (non-hydrogen) atoms. The van der Waals surface area contributed by atoms with Crippen molar-refractivity contribution in [2.75, 3.05) is 0 Å². The van der Waals surface area contributed by atoms with E-state index in [0.717, 1.165) is 6.54 Å². The highest BCUT2D eigenvalue weighted by Gasteiger charge is 2.39. The van der Waals surface area contributed by atoms with E-state index in [9.17, 15) is 0 Å². The standard InChI is InChI=1S/C16H23NO/c1-3-7-13(8-4-1)12-17-15-11-16(15)18-14-9-5-2-6-10-14/h1,3-4,7-8,14-17H,2,5-6,9-12H2/t15-,16-/m1/s1. The number of nitrogens with one attached hydrogen (secondary N) is 1. The molecule has 0 saturated heterocycles. The molecule has 0 aromatic heterocycles. The Labute approximate surface area is 110 Å². The number of rotatable bonds is 5. The molecule has 0 spiro atoms. The highest BCUT2D eigenvalue weighted by molar-refractivity contribution is 5.15. The van der Waals surface area contributed by atoms with E-state index in [2.05, 4.69) is 35.6 Å². The first kappa shape index (κ1) is 12.2. The van der Waals surface area contributed by atoms with E-state index in [1.807, 2.05) is 0 Å². The van der Waals surface area contributed by atoms with Crippen LogP contribution in [0.25, 0.3) is 0 Å². The SMILES string of the molecule is c1ccc(CN[C@@H]2C[C@H]2OC2CCCCC2)cc1. The fraction of sp³-hybridized carbons (Fsp3) is 0.625. The van der Waals surface area contributed by atoms with Crippen molar-refractivity contribution in [1.82, 2.24) is 5.32 Å². The highest BCUT2D eigenvalue weighted by Crippen LogP contribution is 2.31. The van der Waals surface area contributed by atoms with Crippen LogP contribution in [0.4, 0.5) is 0 Å². The maximum absolute atomic E-state index is 6.14. The summed E-state index contributed by atoms with van der Waals surface area (Å²) in [4.78, 5) is 0. The van der Waals surface area contributed by atoms with Crippen molar-refractivity contribution in [2.24, 2.45) is 0 Å². The third-order valence-electron chi connectivity index (χ3n) is 4.06. The molecule has 2 saturated carbocycles. The molecule has 0 bridgehead atoms. The quantitative estimate of drug-likeness (QED) is 0.859. The summed E-state index contributed by atoms with van der Waals surface area (Å²) in [6.45, 7) is 0.968. The third kappa shape index (κ3) is 3.33. The smallest absolute Gasteiger partial charge is 0.0748 e. The summed E-state index contributed by atoms with van der Waals surface area (Å²) >= 11 is 0. The maximum Gasteiger partial charge on any atom is 0.0748 e. The van der Waals surface area contributed by atoms with Gasteiger partial charge in [-0.3, -0.25) is 0 Å². The number of ether oxygens (including phenoxy) is 1. The Morgan fingerprint density at radius 3 is 2.61 bits per heavy atom. The van der Waals surface area contributed by atoms with Gasteiger partial charge in [-0.1, -0.05) is 49.6 Å². The summed E-state index contributed by atoms with van der Waals surface area (Å²) in [5.74, 6) is 0. The maximum atomic E-state index is 6.14. The van der Waals surface area contributed by atoms with Gasteiger partial charge >= 0.3 is 0 Å². The highest BCUT2D eigenvalue weighted by atomic mass is 16.5. The molecule has 0 radical (unpaired) electrons. The Kier molecular flexibility index (Phi) is 3.96. The van der Waals surface area contributed by atoms with Gasteiger partial charge < -0.3 is 10.1 Å². The van der Waals surface area contributed by atoms with E-state index < -0.39 is 0 Å². The fourth-order valence-electron chi connectivity index (χ4n) is 2.83. The fourth-order valence-corrected chi connectivity index (χ4v) is 2.83. The van der Waals surface area contributed by atoms with Crippen molar-refractivity contribution in [3.05, 3.63) is 35.9 Å². The molecule has 2 atom stereocenters. The van der Waals surface area contributed by atoms with Gasteiger partial charge in [0.2, 0.25) is 0 Å². The molecule has 0 unspecified atom stereocenters. The van der Waals surface area contributed by atoms with Crippen molar-refractivity contribution < 1.29 is 4.74 Å². The number of benzene rings is 1. The zero-order valence-corrected chi connectivity index (χ0v) is 11.0. The van der Waals surface area contributed by atoms with Crippen LogP contribution in [0.1, 0.15) is 44.1 Å². The largest absolute Gasteiger partial charge is 0.373 e. The minimum atomic E-state index is 0.483. The molecule has 0 aliphatic heterocycles. The molecular formula is C16H23NO. The van der Waals surface area contributed by atoms with E-state index in [1.54, 1.807) is 0 Å². The molecule has 0 heterocycles. The van der Waals surface area contributed by atoms with Crippen LogP contribution in [0.5, 0.6) is 0 Å². The Hall–Kier alpha value is -0.860. The van der Waals surface area contributed by atoms with Gasteiger partial charge in [-0.2, -0.15) is 0 Å². The van der Waals surface area contributed by atoms with Crippen molar-refractivity contribution in [2.45, 2.75) is 63.3 Å². The van der Waals surface area contributed by atoms with Gasteiger partial charge in [0.1, 0.15) is 0 Å². The van der Waals surface area contributed by atoms with Crippen LogP contribution in [0.3, 0.4) is 0 Å². The van der Waals surface area contributed by atoms with Gasteiger partial charge in [0.25, 0.3) is 0 Å². The van der Waals surface area contributed by atoms with Crippen molar-refractivity contribution >= 4 is 0 Å². The van der Waals surface area contributed by atoms with E-state index in [0.29, 0.717) is 18.2 Å². The molecule has 3 rings (SSSR count). The van der Waals surface area contributed by atoms with Crippen LogP contribution >= 0.6 is 0 Å². The second-order valence-corrected chi connectivity index (χ2v) is 5.64. The molecule has 2 nitrogen and oxygen atoms in total. The Morgan fingerprint density at radius 1 is 1.06 bits per heavy atom. The van der Waals surface area contributed by atoms with Gasteiger partial charge in [-0.05, 0) is 24.8 Å².